The Bertz CT molecular complexity index is 332. The number of phenols is 1. The van der Waals surface area contributed by atoms with Crippen LogP contribution < -0.4 is 4.74 Å². The van der Waals surface area contributed by atoms with Crippen molar-refractivity contribution < 1.29 is 14.6 Å². The SMILES string of the molecule is CCCc1c(C=O)ccc(OC)c1O. The first-order valence-corrected chi connectivity index (χ1v) is 4.58. The molecule has 1 aromatic rings. The lowest BCUT2D eigenvalue weighted by molar-refractivity contribution is 0.112. The average Bonchev–Trinajstić information content (AvgIpc) is 2.21. The third-order valence-corrected chi connectivity index (χ3v) is 2.13. The van der Waals surface area contributed by atoms with Crippen LogP contribution in [0.2, 0.25) is 0 Å². The number of aromatic hydroxyl groups is 1. The summed E-state index contributed by atoms with van der Waals surface area (Å²) in [5.41, 5.74) is 1.20. The van der Waals surface area contributed by atoms with Crippen LogP contribution in [0.3, 0.4) is 0 Å². The van der Waals surface area contributed by atoms with Crippen LogP contribution in [-0.2, 0) is 6.42 Å². The van der Waals surface area contributed by atoms with E-state index in [0.717, 1.165) is 12.7 Å². The van der Waals surface area contributed by atoms with Crippen LogP contribution in [0.4, 0.5) is 0 Å². The third-order valence-electron chi connectivity index (χ3n) is 2.13. The lowest BCUT2D eigenvalue weighted by Gasteiger charge is -2.10. The lowest BCUT2D eigenvalue weighted by Crippen LogP contribution is -1.95. The molecule has 1 N–H and O–H groups in total. The first kappa shape index (κ1) is 10.6. The molecule has 14 heavy (non-hydrogen) atoms. The number of methoxy groups -OCH3 is 1. The Labute approximate surface area is 83.3 Å². The molecule has 0 saturated carbocycles. The molecule has 3 heteroatoms. The second kappa shape index (κ2) is 4.65. The van der Waals surface area contributed by atoms with Crippen LogP contribution >= 0.6 is 0 Å². The van der Waals surface area contributed by atoms with Gasteiger partial charge in [-0.1, -0.05) is 13.3 Å². The molecule has 0 amide bonds. The number of hydrogen-bond donors (Lipinski definition) is 1. The quantitative estimate of drug-likeness (QED) is 0.747. The fraction of sp³-hybridized carbons (Fsp3) is 0.364. The maximum Gasteiger partial charge on any atom is 0.161 e. The van der Waals surface area contributed by atoms with Gasteiger partial charge in [-0.3, -0.25) is 4.79 Å². The smallest absolute Gasteiger partial charge is 0.161 e. The summed E-state index contributed by atoms with van der Waals surface area (Å²) in [6, 6.07) is 3.26. The van der Waals surface area contributed by atoms with Gasteiger partial charge in [-0.2, -0.15) is 0 Å². The molecule has 0 heterocycles. The standard InChI is InChI=1S/C11H14O3/c1-3-4-9-8(7-12)5-6-10(14-2)11(9)13/h5-7,13H,3-4H2,1-2H3. The predicted octanol–water partition coefficient (Wildman–Crippen LogP) is 2.17. The van der Waals surface area contributed by atoms with Gasteiger partial charge < -0.3 is 9.84 Å². The van der Waals surface area contributed by atoms with Crippen molar-refractivity contribution in [2.45, 2.75) is 19.8 Å². The maximum absolute atomic E-state index is 10.7. The van der Waals surface area contributed by atoms with Gasteiger partial charge in [0.25, 0.3) is 0 Å². The topological polar surface area (TPSA) is 46.5 Å². The van der Waals surface area contributed by atoms with Crippen LogP contribution in [0.15, 0.2) is 12.1 Å². The Balaban J connectivity index is 3.23. The van der Waals surface area contributed by atoms with Gasteiger partial charge in [0.2, 0.25) is 0 Å². The molecule has 0 bridgehead atoms. The lowest BCUT2D eigenvalue weighted by atomic mass is 10.0. The Morgan fingerprint density at radius 1 is 1.50 bits per heavy atom. The van der Waals surface area contributed by atoms with Crippen molar-refractivity contribution in [3.8, 4) is 11.5 Å². The predicted molar refractivity (Wildman–Crippen MR) is 54.0 cm³/mol. The van der Waals surface area contributed by atoms with Gasteiger partial charge in [-0.15, -0.1) is 0 Å². The number of benzene rings is 1. The summed E-state index contributed by atoms with van der Waals surface area (Å²) in [5.74, 6) is 0.498. The Morgan fingerprint density at radius 2 is 2.21 bits per heavy atom. The summed E-state index contributed by atoms with van der Waals surface area (Å²) >= 11 is 0. The Hall–Kier alpha value is -1.51. The second-order valence-corrected chi connectivity index (χ2v) is 3.05. The maximum atomic E-state index is 10.7. The van der Waals surface area contributed by atoms with Crippen LogP contribution in [0, 0.1) is 0 Å². The zero-order chi connectivity index (χ0) is 10.6. The highest BCUT2D eigenvalue weighted by molar-refractivity contribution is 5.79. The number of hydrogen-bond acceptors (Lipinski definition) is 3. The van der Waals surface area contributed by atoms with Gasteiger partial charge in [0.1, 0.15) is 6.29 Å². The van der Waals surface area contributed by atoms with E-state index in [9.17, 15) is 9.90 Å². The van der Waals surface area contributed by atoms with E-state index in [-0.39, 0.29) is 5.75 Å². The summed E-state index contributed by atoms with van der Waals surface area (Å²) < 4.78 is 4.97. The van der Waals surface area contributed by atoms with E-state index >= 15 is 0 Å². The van der Waals surface area contributed by atoms with Gasteiger partial charge in [-0.25, -0.2) is 0 Å². The van der Waals surface area contributed by atoms with Gasteiger partial charge in [0.05, 0.1) is 7.11 Å². The number of aldehydes is 1. The van der Waals surface area contributed by atoms with Crippen LogP contribution in [0.25, 0.3) is 0 Å². The van der Waals surface area contributed by atoms with Crippen LogP contribution in [0.5, 0.6) is 11.5 Å². The van der Waals surface area contributed by atoms with Crippen molar-refractivity contribution in [2.24, 2.45) is 0 Å². The first-order valence-electron chi connectivity index (χ1n) is 4.58. The largest absolute Gasteiger partial charge is 0.504 e. The van der Waals surface area contributed by atoms with Gasteiger partial charge in [-0.05, 0) is 18.6 Å². The number of ether oxygens (including phenoxy) is 1. The molecule has 0 aliphatic rings. The fourth-order valence-electron chi connectivity index (χ4n) is 1.42. The normalized spacial score (nSPS) is 9.86. The highest BCUT2D eigenvalue weighted by Gasteiger charge is 2.11. The van der Waals surface area contributed by atoms with Crippen molar-refractivity contribution in [3.63, 3.8) is 0 Å². The van der Waals surface area contributed by atoms with E-state index in [1.165, 1.54) is 7.11 Å². The minimum atomic E-state index is 0.0824. The summed E-state index contributed by atoms with van der Waals surface area (Å²) in [4.78, 5) is 10.7. The van der Waals surface area contributed by atoms with Gasteiger partial charge >= 0.3 is 0 Å². The van der Waals surface area contributed by atoms with E-state index < -0.39 is 0 Å². The van der Waals surface area contributed by atoms with Crippen LogP contribution in [-0.4, -0.2) is 18.5 Å². The fourth-order valence-corrected chi connectivity index (χ4v) is 1.42. The van der Waals surface area contributed by atoms with E-state index in [1.807, 2.05) is 6.92 Å². The van der Waals surface area contributed by atoms with Gasteiger partial charge in [0.15, 0.2) is 11.5 Å². The summed E-state index contributed by atoms with van der Waals surface area (Å²) in [5, 5.41) is 9.75. The van der Waals surface area contributed by atoms with Crippen LogP contribution in [0.1, 0.15) is 29.3 Å². The molecule has 0 atom stereocenters. The number of carbonyl (C=O) groups is 1. The van der Waals surface area contributed by atoms with Crippen molar-refractivity contribution in [1.29, 1.82) is 0 Å². The molecule has 0 unspecified atom stereocenters. The molecule has 0 aromatic heterocycles. The number of phenolic OH excluding ortho intramolecular Hbond substituents is 1. The molecule has 3 nitrogen and oxygen atoms in total. The van der Waals surface area contributed by atoms with Gasteiger partial charge in [0, 0.05) is 11.1 Å². The molecule has 1 aromatic carbocycles. The van der Waals surface area contributed by atoms with E-state index in [4.69, 9.17) is 4.74 Å². The monoisotopic (exact) mass is 194 g/mol. The van der Waals surface area contributed by atoms with Crippen molar-refractivity contribution in [2.75, 3.05) is 7.11 Å². The Kier molecular flexibility index (Phi) is 3.51. The zero-order valence-electron chi connectivity index (χ0n) is 8.41. The van der Waals surface area contributed by atoms with Crippen molar-refractivity contribution >= 4 is 6.29 Å². The molecule has 0 aliphatic heterocycles. The van der Waals surface area contributed by atoms with E-state index in [2.05, 4.69) is 0 Å². The highest BCUT2D eigenvalue weighted by atomic mass is 16.5. The molecule has 0 fully saturated rings. The summed E-state index contributed by atoms with van der Waals surface area (Å²) in [7, 11) is 1.49. The summed E-state index contributed by atoms with van der Waals surface area (Å²) in [6.45, 7) is 1.99. The molecule has 0 saturated heterocycles. The average molecular weight is 194 g/mol. The van der Waals surface area contributed by atoms with Crippen molar-refractivity contribution in [1.82, 2.24) is 0 Å². The number of carbonyl (C=O) groups excluding carboxylic acids is 1. The third kappa shape index (κ3) is 1.87. The minimum Gasteiger partial charge on any atom is -0.504 e. The molecule has 0 spiro atoms. The highest BCUT2D eigenvalue weighted by Crippen LogP contribution is 2.32. The molecule has 1 rings (SSSR count). The molecular formula is C11H14O3. The molecular weight excluding hydrogens is 180 g/mol. The zero-order valence-corrected chi connectivity index (χ0v) is 8.41. The van der Waals surface area contributed by atoms with Crippen molar-refractivity contribution in [3.05, 3.63) is 23.3 Å². The number of rotatable bonds is 4. The van der Waals surface area contributed by atoms with E-state index in [0.29, 0.717) is 23.3 Å². The molecule has 0 aliphatic carbocycles. The van der Waals surface area contributed by atoms with E-state index in [1.54, 1.807) is 12.1 Å². The minimum absolute atomic E-state index is 0.0824. The molecule has 76 valence electrons. The molecule has 0 radical (unpaired) electrons. The summed E-state index contributed by atoms with van der Waals surface area (Å²) in [6.07, 6.45) is 2.31. The Morgan fingerprint density at radius 3 is 2.71 bits per heavy atom. The second-order valence-electron chi connectivity index (χ2n) is 3.05. The first-order chi connectivity index (χ1) is 6.74.